The SMILES string of the molecule is CC(C(=O)O)c1ncc([N+](=O)[O-])cc1Cl. The highest BCUT2D eigenvalue weighted by molar-refractivity contribution is 6.31. The fraction of sp³-hybridized carbons (Fsp3) is 0.250. The first kappa shape index (κ1) is 11.4. The van der Waals surface area contributed by atoms with Crippen LogP contribution < -0.4 is 0 Å². The van der Waals surface area contributed by atoms with Gasteiger partial charge in [-0.1, -0.05) is 11.6 Å². The first-order chi connectivity index (χ1) is 6.93. The first-order valence-electron chi connectivity index (χ1n) is 3.96. The summed E-state index contributed by atoms with van der Waals surface area (Å²) in [6.45, 7) is 1.41. The van der Waals surface area contributed by atoms with E-state index in [4.69, 9.17) is 16.7 Å². The lowest BCUT2D eigenvalue weighted by Gasteiger charge is -2.06. The molecule has 0 radical (unpaired) electrons. The molecule has 0 aliphatic heterocycles. The van der Waals surface area contributed by atoms with Crippen LogP contribution in [-0.2, 0) is 4.79 Å². The summed E-state index contributed by atoms with van der Waals surface area (Å²) in [6.07, 6.45) is 0.987. The highest BCUT2D eigenvalue weighted by Gasteiger charge is 2.20. The maximum atomic E-state index is 10.6. The minimum atomic E-state index is -1.08. The summed E-state index contributed by atoms with van der Waals surface area (Å²) in [5, 5.41) is 19.0. The van der Waals surface area contributed by atoms with E-state index in [1.54, 1.807) is 0 Å². The first-order valence-corrected chi connectivity index (χ1v) is 4.34. The molecule has 1 aromatic heterocycles. The van der Waals surface area contributed by atoms with Gasteiger partial charge in [0.15, 0.2) is 0 Å². The van der Waals surface area contributed by atoms with Crippen molar-refractivity contribution in [2.45, 2.75) is 12.8 Å². The molecular formula is C8H7ClN2O4. The zero-order valence-electron chi connectivity index (χ0n) is 7.68. The number of aliphatic carboxylic acids is 1. The van der Waals surface area contributed by atoms with Crippen LogP contribution in [-0.4, -0.2) is 21.0 Å². The fourth-order valence-corrected chi connectivity index (χ4v) is 1.30. The molecule has 0 saturated carbocycles. The van der Waals surface area contributed by atoms with E-state index in [1.165, 1.54) is 6.92 Å². The average molecular weight is 231 g/mol. The van der Waals surface area contributed by atoms with E-state index >= 15 is 0 Å². The highest BCUT2D eigenvalue weighted by atomic mass is 35.5. The molecule has 1 N–H and O–H groups in total. The van der Waals surface area contributed by atoms with E-state index in [2.05, 4.69) is 4.98 Å². The molecule has 0 aliphatic carbocycles. The Hall–Kier alpha value is -1.69. The molecule has 1 rings (SSSR count). The van der Waals surface area contributed by atoms with Gasteiger partial charge in [0.2, 0.25) is 0 Å². The van der Waals surface area contributed by atoms with Gasteiger partial charge in [-0.25, -0.2) is 0 Å². The predicted molar refractivity (Wildman–Crippen MR) is 52.0 cm³/mol. The Balaban J connectivity index is 3.13. The minimum absolute atomic E-state index is 0.0147. The lowest BCUT2D eigenvalue weighted by molar-refractivity contribution is -0.385. The van der Waals surface area contributed by atoms with Gasteiger partial charge in [0.25, 0.3) is 5.69 Å². The largest absolute Gasteiger partial charge is 0.481 e. The van der Waals surface area contributed by atoms with Gasteiger partial charge in [-0.3, -0.25) is 19.9 Å². The lowest BCUT2D eigenvalue weighted by Crippen LogP contribution is -2.10. The van der Waals surface area contributed by atoms with E-state index in [-0.39, 0.29) is 16.4 Å². The maximum absolute atomic E-state index is 10.6. The summed E-state index contributed by atoms with van der Waals surface area (Å²) in [4.78, 5) is 24.0. The number of hydrogen-bond donors (Lipinski definition) is 1. The monoisotopic (exact) mass is 230 g/mol. The number of nitrogens with zero attached hydrogens (tertiary/aromatic N) is 2. The summed E-state index contributed by atoms with van der Waals surface area (Å²) in [5.74, 6) is -1.98. The normalized spacial score (nSPS) is 12.1. The van der Waals surface area contributed by atoms with Crippen LogP contribution in [0.15, 0.2) is 12.3 Å². The molecule has 80 valence electrons. The number of halogens is 1. The van der Waals surface area contributed by atoms with Crippen LogP contribution in [0.25, 0.3) is 0 Å². The molecule has 0 saturated heterocycles. The van der Waals surface area contributed by atoms with Gasteiger partial charge in [0.05, 0.1) is 21.6 Å². The quantitative estimate of drug-likeness (QED) is 0.632. The molecule has 0 bridgehead atoms. The fourth-order valence-electron chi connectivity index (χ4n) is 0.974. The molecule has 0 aromatic carbocycles. The van der Waals surface area contributed by atoms with Crippen molar-refractivity contribution >= 4 is 23.3 Å². The summed E-state index contributed by atoms with van der Waals surface area (Å²) < 4.78 is 0. The second kappa shape index (κ2) is 4.22. The number of hydrogen-bond acceptors (Lipinski definition) is 4. The van der Waals surface area contributed by atoms with Gasteiger partial charge in [-0.15, -0.1) is 0 Å². The van der Waals surface area contributed by atoms with Crippen LogP contribution in [0.5, 0.6) is 0 Å². The molecule has 6 nitrogen and oxygen atoms in total. The Labute approximate surface area is 89.7 Å². The van der Waals surface area contributed by atoms with Crippen molar-refractivity contribution in [1.82, 2.24) is 4.98 Å². The van der Waals surface area contributed by atoms with E-state index < -0.39 is 16.8 Å². The topological polar surface area (TPSA) is 93.3 Å². The molecular weight excluding hydrogens is 224 g/mol. The van der Waals surface area contributed by atoms with Gasteiger partial charge < -0.3 is 5.11 Å². The Morgan fingerprint density at radius 3 is 2.73 bits per heavy atom. The summed E-state index contributed by atoms with van der Waals surface area (Å²) in [7, 11) is 0. The van der Waals surface area contributed by atoms with Crippen LogP contribution in [0.1, 0.15) is 18.5 Å². The molecule has 15 heavy (non-hydrogen) atoms. The smallest absolute Gasteiger partial charge is 0.312 e. The maximum Gasteiger partial charge on any atom is 0.312 e. The Bertz CT molecular complexity index is 421. The van der Waals surface area contributed by atoms with Crippen LogP contribution in [0.4, 0.5) is 5.69 Å². The number of pyridine rings is 1. The van der Waals surface area contributed by atoms with E-state index in [0.717, 1.165) is 12.3 Å². The lowest BCUT2D eigenvalue weighted by atomic mass is 10.1. The van der Waals surface area contributed by atoms with Crippen LogP contribution in [0.2, 0.25) is 5.02 Å². The average Bonchev–Trinajstić information content (AvgIpc) is 2.16. The van der Waals surface area contributed by atoms with Crippen molar-refractivity contribution in [3.05, 3.63) is 33.1 Å². The molecule has 1 heterocycles. The molecule has 7 heteroatoms. The molecule has 1 atom stereocenters. The number of rotatable bonds is 3. The van der Waals surface area contributed by atoms with Gasteiger partial charge in [-0.2, -0.15) is 0 Å². The zero-order valence-corrected chi connectivity index (χ0v) is 8.43. The van der Waals surface area contributed by atoms with E-state index in [9.17, 15) is 14.9 Å². The van der Waals surface area contributed by atoms with Gasteiger partial charge >= 0.3 is 5.97 Å². The van der Waals surface area contributed by atoms with Crippen molar-refractivity contribution < 1.29 is 14.8 Å². The Kier molecular flexibility index (Phi) is 3.21. The molecule has 0 fully saturated rings. The number of carboxylic acids is 1. The summed E-state index contributed by atoms with van der Waals surface area (Å²) in [6, 6.07) is 1.09. The van der Waals surface area contributed by atoms with Crippen LogP contribution >= 0.6 is 11.6 Å². The third-order valence-electron chi connectivity index (χ3n) is 1.85. The Morgan fingerprint density at radius 2 is 2.33 bits per heavy atom. The predicted octanol–water partition coefficient (Wildman–Crippen LogP) is 1.83. The van der Waals surface area contributed by atoms with Crippen LogP contribution in [0, 0.1) is 10.1 Å². The number of carboxylic acid groups (broad SMARTS) is 1. The van der Waals surface area contributed by atoms with Crippen molar-refractivity contribution in [1.29, 1.82) is 0 Å². The zero-order chi connectivity index (χ0) is 11.6. The molecule has 0 spiro atoms. The molecule has 1 aromatic rings. The summed E-state index contributed by atoms with van der Waals surface area (Å²) in [5.41, 5.74) is -0.142. The van der Waals surface area contributed by atoms with Gasteiger partial charge in [-0.05, 0) is 6.92 Å². The molecule has 1 unspecified atom stereocenters. The van der Waals surface area contributed by atoms with Crippen molar-refractivity contribution in [3.63, 3.8) is 0 Å². The van der Waals surface area contributed by atoms with Crippen LogP contribution in [0.3, 0.4) is 0 Å². The third kappa shape index (κ3) is 2.41. The Morgan fingerprint density at radius 1 is 1.73 bits per heavy atom. The third-order valence-corrected chi connectivity index (χ3v) is 2.15. The minimum Gasteiger partial charge on any atom is -0.481 e. The highest BCUT2D eigenvalue weighted by Crippen LogP contribution is 2.25. The van der Waals surface area contributed by atoms with Crippen molar-refractivity contribution in [2.24, 2.45) is 0 Å². The van der Waals surface area contributed by atoms with Crippen molar-refractivity contribution in [3.8, 4) is 0 Å². The van der Waals surface area contributed by atoms with Crippen molar-refractivity contribution in [2.75, 3.05) is 0 Å². The summed E-state index contributed by atoms with van der Waals surface area (Å²) >= 11 is 5.68. The molecule has 0 amide bonds. The van der Waals surface area contributed by atoms with Gasteiger partial charge in [0.1, 0.15) is 6.20 Å². The number of nitro groups is 1. The standard InChI is InChI=1S/C8H7ClN2O4/c1-4(8(12)13)7-6(9)2-5(3-10-7)11(14)15/h2-4H,1H3,(H,12,13). The molecule has 0 aliphatic rings. The van der Waals surface area contributed by atoms with Gasteiger partial charge in [0, 0.05) is 6.07 Å². The number of carbonyl (C=O) groups is 1. The van der Waals surface area contributed by atoms with E-state index in [1.807, 2.05) is 0 Å². The second-order valence-corrected chi connectivity index (χ2v) is 3.28. The van der Waals surface area contributed by atoms with E-state index in [0.29, 0.717) is 0 Å². The second-order valence-electron chi connectivity index (χ2n) is 2.88. The number of aromatic nitrogens is 1.